The van der Waals surface area contributed by atoms with Gasteiger partial charge in [-0.15, -0.1) is 11.6 Å². The molecule has 1 N–H and O–H groups in total. The van der Waals surface area contributed by atoms with Crippen molar-refractivity contribution in [3.05, 3.63) is 32.7 Å². The third kappa shape index (κ3) is 4.20. The van der Waals surface area contributed by atoms with Crippen LogP contribution < -0.4 is 5.32 Å². The van der Waals surface area contributed by atoms with Gasteiger partial charge in [0.05, 0.1) is 0 Å². The molecule has 1 saturated carbocycles. The molecule has 1 fully saturated rings. The fraction of sp³-hybridized carbons (Fsp3) is 0.500. The van der Waals surface area contributed by atoms with Gasteiger partial charge in [0.15, 0.2) is 0 Å². The van der Waals surface area contributed by atoms with E-state index in [4.69, 9.17) is 11.6 Å². The summed E-state index contributed by atoms with van der Waals surface area (Å²) >= 11 is 12.7. The van der Waals surface area contributed by atoms with Crippen molar-refractivity contribution in [1.29, 1.82) is 0 Å². The molecule has 2 unspecified atom stereocenters. The molecular weight excluding hydrogens is 393 g/mol. The Balaban J connectivity index is 1.94. The van der Waals surface area contributed by atoms with Crippen molar-refractivity contribution in [2.75, 3.05) is 12.4 Å². The van der Waals surface area contributed by atoms with Gasteiger partial charge in [0.25, 0.3) is 5.91 Å². The number of carbonyl (C=O) groups excluding carboxylic acids is 1. The molecule has 5 heteroatoms. The van der Waals surface area contributed by atoms with Crippen molar-refractivity contribution in [3.63, 3.8) is 0 Å². The molecule has 0 heterocycles. The van der Waals surface area contributed by atoms with Gasteiger partial charge in [-0.1, -0.05) is 38.3 Å². The quantitative estimate of drug-likeness (QED) is 0.724. The lowest BCUT2D eigenvalue weighted by molar-refractivity contribution is 0.0944. The van der Waals surface area contributed by atoms with Crippen LogP contribution in [-0.4, -0.2) is 18.3 Å². The van der Waals surface area contributed by atoms with Crippen LogP contribution in [0.5, 0.6) is 0 Å². The molecule has 1 aliphatic carbocycles. The van der Waals surface area contributed by atoms with Crippen LogP contribution in [0, 0.1) is 11.8 Å². The molecule has 1 aliphatic rings. The first-order valence-corrected chi connectivity index (χ1v) is 8.52. The van der Waals surface area contributed by atoms with Crippen molar-refractivity contribution >= 4 is 49.4 Å². The number of carbonyl (C=O) groups is 1. The molecule has 0 aliphatic heterocycles. The highest BCUT2D eigenvalue weighted by atomic mass is 79.9. The molecule has 0 radical (unpaired) electrons. The van der Waals surface area contributed by atoms with Crippen molar-refractivity contribution in [2.24, 2.45) is 11.8 Å². The molecule has 1 aromatic carbocycles. The minimum absolute atomic E-state index is 0.0257. The highest BCUT2D eigenvalue weighted by Gasteiger charge is 2.26. The second-order valence-electron chi connectivity index (χ2n) is 4.97. The SMILES string of the molecule is O=C(NCC1CCCC1CCl)c1cc(Br)cc(Br)c1. The number of benzene rings is 1. The largest absolute Gasteiger partial charge is 0.352 e. The maximum atomic E-state index is 12.1. The Morgan fingerprint density at radius 2 is 1.84 bits per heavy atom. The molecule has 19 heavy (non-hydrogen) atoms. The van der Waals surface area contributed by atoms with Crippen LogP contribution in [0.25, 0.3) is 0 Å². The standard InChI is InChI=1S/C14H16Br2ClNO/c15-12-4-11(5-13(16)6-12)14(19)18-8-10-3-1-2-9(10)7-17/h4-6,9-10H,1-3,7-8H2,(H,18,19). The van der Waals surface area contributed by atoms with Crippen LogP contribution in [0.1, 0.15) is 29.6 Å². The maximum Gasteiger partial charge on any atom is 0.251 e. The molecule has 1 aromatic rings. The van der Waals surface area contributed by atoms with Crippen molar-refractivity contribution in [1.82, 2.24) is 5.32 Å². The molecule has 0 spiro atoms. The van der Waals surface area contributed by atoms with E-state index >= 15 is 0 Å². The van der Waals surface area contributed by atoms with E-state index in [-0.39, 0.29) is 5.91 Å². The first-order valence-electron chi connectivity index (χ1n) is 6.40. The van der Waals surface area contributed by atoms with E-state index in [1.807, 2.05) is 18.2 Å². The predicted octanol–water partition coefficient (Wildman–Crippen LogP) is 4.60. The van der Waals surface area contributed by atoms with Gasteiger partial charge in [-0.2, -0.15) is 0 Å². The summed E-state index contributed by atoms with van der Waals surface area (Å²) in [6.45, 7) is 0.723. The molecule has 2 rings (SSSR count). The Morgan fingerprint density at radius 1 is 1.21 bits per heavy atom. The fourth-order valence-corrected chi connectivity index (χ4v) is 4.30. The van der Waals surface area contributed by atoms with Gasteiger partial charge >= 0.3 is 0 Å². The molecule has 0 saturated heterocycles. The molecular formula is C14H16Br2ClNO. The van der Waals surface area contributed by atoms with Gasteiger partial charge in [-0.3, -0.25) is 4.79 Å². The lowest BCUT2D eigenvalue weighted by Crippen LogP contribution is -2.31. The lowest BCUT2D eigenvalue weighted by Gasteiger charge is -2.17. The summed E-state index contributed by atoms with van der Waals surface area (Å²) in [6, 6.07) is 5.57. The van der Waals surface area contributed by atoms with Crippen LogP contribution in [0.4, 0.5) is 0 Å². The zero-order chi connectivity index (χ0) is 13.8. The Morgan fingerprint density at radius 3 is 2.47 bits per heavy atom. The van der Waals surface area contributed by atoms with Crippen LogP contribution in [0.3, 0.4) is 0 Å². The topological polar surface area (TPSA) is 29.1 Å². The van der Waals surface area contributed by atoms with E-state index in [1.165, 1.54) is 19.3 Å². The molecule has 0 aromatic heterocycles. The zero-order valence-corrected chi connectivity index (χ0v) is 14.4. The smallest absolute Gasteiger partial charge is 0.251 e. The molecule has 0 bridgehead atoms. The first kappa shape index (κ1) is 15.3. The first-order chi connectivity index (χ1) is 9.10. The number of alkyl halides is 1. The van der Waals surface area contributed by atoms with Crippen LogP contribution in [0.2, 0.25) is 0 Å². The lowest BCUT2D eigenvalue weighted by atomic mass is 9.98. The van der Waals surface area contributed by atoms with Gasteiger partial charge in [-0.05, 0) is 42.9 Å². The number of hydrogen-bond acceptors (Lipinski definition) is 1. The summed E-state index contributed by atoms with van der Waals surface area (Å²) < 4.78 is 1.79. The fourth-order valence-electron chi connectivity index (χ4n) is 2.60. The average molecular weight is 410 g/mol. The van der Waals surface area contributed by atoms with Gasteiger partial charge < -0.3 is 5.32 Å². The number of nitrogens with one attached hydrogen (secondary N) is 1. The highest BCUT2D eigenvalue weighted by Crippen LogP contribution is 2.32. The number of amides is 1. The second-order valence-corrected chi connectivity index (χ2v) is 7.11. The summed E-state index contributed by atoms with van der Waals surface area (Å²) in [5.41, 5.74) is 0.668. The van der Waals surface area contributed by atoms with Crippen molar-refractivity contribution in [2.45, 2.75) is 19.3 Å². The minimum Gasteiger partial charge on any atom is -0.352 e. The number of rotatable bonds is 4. The summed E-state index contributed by atoms with van der Waals surface area (Å²) in [5.74, 6) is 1.75. The Bertz CT molecular complexity index is 447. The summed E-state index contributed by atoms with van der Waals surface area (Å²) in [5, 5.41) is 3.02. The number of hydrogen-bond donors (Lipinski definition) is 1. The summed E-state index contributed by atoms with van der Waals surface area (Å²) in [7, 11) is 0. The third-order valence-electron chi connectivity index (χ3n) is 3.66. The Hall–Kier alpha value is -0.0600. The van der Waals surface area contributed by atoms with E-state index in [2.05, 4.69) is 37.2 Å². The Kier molecular flexibility index (Phi) is 5.72. The van der Waals surface area contributed by atoms with Gasteiger partial charge in [0.2, 0.25) is 0 Å². The summed E-state index contributed by atoms with van der Waals surface area (Å²) in [6.07, 6.45) is 3.58. The van der Waals surface area contributed by atoms with Crippen LogP contribution in [0.15, 0.2) is 27.1 Å². The predicted molar refractivity (Wildman–Crippen MR) is 85.7 cm³/mol. The normalized spacial score (nSPS) is 22.5. The van der Waals surface area contributed by atoms with Crippen LogP contribution >= 0.6 is 43.5 Å². The average Bonchev–Trinajstić information content (AvgIpc) is 2.82. The van der Waals surface area contributed by atoms with E-state index in [9.17, 15) is 4.79 Å². The summed E-state index contributed by atoms with van der Waals surface area (Å²) in [4.78, 5) is 12.1. The minimum atomic E-state index is -0.0257. The van der Waals surface area contributed by atoms with Crippen molar-refractivity contribution in [3.8, 4) is 0 Å². The van der Waals surface area contributed by atoms with Crippen LogP contribution in [-0.2, 0) is 0 Å². The van der Waals surface area contributed by atoms with E-state index in [1.54, 1.807) is 0 Å². The molecule has 1 amide bonds. The molecule has 2 atom stereocenters. The number of halogens is 3. The second kappa shape index (κ2) is 7.09. The maximum absolute atomic E-state index is 12.1. The van der Waals surface area contributed by atoms with Crippen molar-refractivity contribution < 1.29 is 4.79 Å². The zero-order valence-electron chi connectivity index (χ0n) is 10.5. The van der Waals surface area contributed by atoms with E-state index in [0.717, 1.165) is 15.5 Å². The van der Waals surface area contributed by atoms with Gasteiger partial charge in [-0.25, -0.2) is 0 Å². The van der Waals surface area contributed by atoms with Gasteiger partial charge in [0.1, 0.15) is 0 Å². The van der Waals surface area contributed by atoms with E-state index in [0.29, 0.717) is 23.3 Å². The Labute approximate surface area is 135 Å². The highest BCUT2D eigenvalue weighted by molar-refractivity contribution is 9.11. The monoisotopic (exact) mass is 407 g/mol. The third-order valence-corrected chi connectivity index (χ3v) is 4.98. The molecule has 104 valence electrons. The molecule has 2 nitrogen and oxygen atoms in total. The van der Waals surface area contributed by atoms with E-state index < -0.39 is 0 Å². The van der Waals surface area contributed by atoms with Gasteiger partial charge in [0, 0.05) is 26.9 Å².